The van der Waals surface area contributed by atoms with E-state index in [9.17, 15) is 4.79 Å². The molecule has 0 saturated heterocycles. The lowest BCUT2D eigenvalue weighted by Gasteiger charge is -2.32. The molecule has 2 aromatic rings. The Balaban J connectivity index is 2.71. The number of hydrogen-bond donors (Lipinski definition) is 1. The molecule has 2 aromatic carbocycles. The zero-order chi connectivity index (χ0) is 17.1. The molecule has 124 valence electrons. The topological polar surface area (TPSA) is 32.3 Å². The molecule has 1 atom stereocenters. The maximum absolute atomic E-state index is 13.4. The van der Waals surface area contributed by atoms with E-state index in [1.807, 2.05) is 30.1 Å². The highest BCUT2D eigenvalue weighted by atomic mass is 16.2. The molecular formula is C20H28N2O. The lowest BCUT2D eigenvalue weighted by Crippen LogP contribution is -2.42. The molecule has 1 amide bonds. The summed E-state index contributed by atoms with van der Waals surface area (Å²) in [4.78, 5) is 15.3. The number of carbonyl (C=O) groups excluding carboxylic acids is 1. The molecule has 0 aromatic heterocycles. The van der Waals surface area contributed by atoms with E-state index in [0.29, 0.717) is 0 Å². The van der Waals surface area contributed by atoms with Gasteiger partial charge in [0.25, 0.3) is 5.91 Å². The van der Waals surface area contributed by atoms with Crippen molar-refractivity contribution in [2.75, 3.05) is 7.05 Å². The van der Waals surface area contributed by atoms with Gasteiger partial charge < -0.3 is 10.2 Å². The largest absolute Gasteiger partial charge is 0.334 e. The van der Waals surface area contributed by atoms with Crippen molar-refractivity contribution in [3.05, 3.63) is 47.5 Å². The van der Waals surface area contributed by atoms with Crippen LogP contribution >= 0.6 is 0 Å². The van der Waals surface area contributed by atoms with Crippen LogP contribution in [0.3, 0.4) is 0 Å². The summed E-state index contributed by atoms with van der Waals surface area (Å²) < 4.78 is 0. The fourth-order valence-corrected chi connectivity index (χ4v) is 3.24. The van der Waals surface area contributed by atoms with Gasteiger partial charge in [-0.15, -0.1) is 0 Å². The number of fused-ring (bicyclic) bond motifs is 1. The zero-order valence-corrected chi connectivity index (χ0v) is 15.1. The summed E-state index contributed by atoms with van der Waals surface area (Å²) in [6.45, 7) is 10.4. The van der Waals surface area contributed by atoms with E-state index >= 15 is 0 Å². The number of benzene rings is 2. The van der Waals surface area contributed by atoms with Crippen molar-refractivity contribution in [3.8, 4) is 0 Å². The van der Waals surface area contributed by atoms with Gasteiger partial charge in [0.1, 0.15) is 0 Å². The van der Waals surface area contributed by atoms with Gasteiger partial charge in [-0.1, -0.05) is 36.4 Å². The fourth-order valence-electron chi connectivity index (χ4n) is 3.24. The van der Waals surface area contributed by atoms with E-state index in [4.69, 9.17) is 0 Å². The second-order valence-electron chi connectivity index (χ2n) is 6.66. The third-order valence-corrected chi connectivity index (χ3v) is 4.42. The molecule has 0 radical (unpaired) electrons. The first-order valence-electron chi connectivity index (χ1n) is 8.40. The van der Waals surface area contributed by atoms with Crippen molar-refractivity contribution < 1.29 is 4.79 Å². The van der Waals surface area contributed by atoms with Crippen molar-refractivity contribution in [1.82, 2.24) is 10.2 Å². The van der Waals surface area contributed by atoms with Gasteiger partial charge in [-0.25, -0.2) is 0 Å². The molecule has 2 rings (SSSR count). The van der Waals surface area contributed by atoms with E-state index < -0.39 is 0 Å². The number of nitrogens with zero attached hydrogens (tertiary/aromatic N) is 1. The molecule has 1 N–H and O–H groups in total. The van der Waals surface area contributed by atoms with Gasteiger partial charge in [0, 0.05) is 18.1 Å². The highest BCUT2D eigenvalue weighted by molar-refractivity contribution is 6.08. The van der Waals surface area contributed by atoms with E-state index in [1.54, 1.807) is 0 Å². The quantitative estimate of drug-likeness (QED) is 0.888. The number of rotatable bonds is 5. The van der Waals surface area contributed by atoms with Crippen LogP contribution in [0.1, 0.15) is 56.6 Å². The van der Waals surface area contributed by atoms with Crippen LogP contribution < -0.4 is 5.32 Å². The minimum atomic E-state index is 0.115. The lowest BCUT2D eigenvalue weighted by atomic mass is 9.93. The SMILES string of the molecule is CNC(C)c1ccc2ccccc2c1C(=O)N(C(C)C)C(C)C. The van der Waals surface area contributed by atoms with Crippen molar-refractivity contribution in [3.63, 3.8) is 0 Å². The van der Waals surface area contributed by atoms with Crippen LogP contribution in [0.4, 0.5) is 0 Å². The molecule has 0 aliphatic heterocycles. The van der Waals surface area contributed by atoms with Crippen LogP contribution in [0.5, 0.6) is 0 Å². The van der Waals surface area contributed by atoms with Crippen LogP contribution in [-0.2, 0) is 0 Å². The average Bonchev–Trinajstić information content (AvgIpc) is 2.52. The summed E-state index contributed by atoms with van der Waals surface area (Å²) in [5.74, 6) is 0.115. The second kappa shape index (κ2) is 7.14. The molecule has 0 aliphatic carbocycles. The number of nitrogens with one attached hydrogen (secondary N) is 1. The predicted molar refractivity (Wildman–Crippen MR) is 97.9 cm³/mol. The Kier molecular flexibility index (Phi) is 5.42. The Morgan fingerprint density at radius 2 is 1.57 bits per heavy atom. The molecule has 0 bridgehead atoms. The molecule has 0 heterocycles. The number of carbonyl (C=O) groups is 1. The third-order valence-electron chi connectivity index (χ3n) is 4.42. The van der Waals surface area contributed by atoms with E-state index in [1.165, 1.54) is 0 Å². The minimum absolute atomic E-state index is 0.115. The van der Waals surface area contributed by atoms with Crippen LogP contribution in [0.25, 0.3) is 10.8 Å². The maximum atomic E-state index is 13.4. The van der Waals surface area contributed by atoms with Crippen LogP contribution in [0, 0.1) is 0 Å². The van der Waals surface area contributed by atoms with Crippen LogP contribution in [-0.4, -0.2) is 29.9 Å². The maximum Gasteiger partial charge on any atom is 0.255 e. The Hall–Kier alpha value is -1.87. The molecule has 3 nitrogen and oxygen atoms in total. The molecule has 0 spiro atoms. The van der Waals surface area contributed by atoms with Gasteiger partial charge in [-0.3, -0.25) is 4.79 Å². The fraction of sp³-hybridized carbons (Fsp3) is 0.450. The van der Waals surface area contributed by atoms with Gasteiger partial charge in [0.2, 0.25) is 0 Å². The molecule has 23 heavy (non-hydrogen) atoms. The smallest absolute Gasteiger partial charge is 0.255 e. The van der Waals surface area contributed by atoms with E-state index in [-0.39, 0.29) is 24.0 Å². The summed E-state index contributed by atoms with van der Waals surface area (Å²) in [5, 5.41) is 5.41. The van der Waals surface area contributed by atoms with Gasteiger partial charge in [-0.05, 0) is 58.0 Å². The Morgan fingerprint density at radius 3 is 2.13 bits per heavy atom. The van der Waals surface area contributed by atoms with Crippen molar-refractivity contribution >= 4 is 16.7 Å². The van der Waals surface area contributed by atoms with Crippen molar-refractivity contribution in [2.45, 2.75) is 52.7 Å². The Morgan fingerprint density at radius 1 is 0.957 bits per heavy atom. The summed E-state index contributed by atoms with van der Waals surface area (Å²) in [6, 6.07) is 12.8. The van der Waals surface area contributed by atoms with Crippen molar-refractivity contribution in [2.24, 2.45) is 0 Å². The molecule has 3 heteroatoms. The molecule has 1 unspecified atom stereocenters. The summed E-state index contributed by atoms with van der Waals surface area (Å²) in [7, 11) is 1.93. The Labute approximate surface area is 139 Å². The predicted octanol–water partition coefficient (Wildman–Crippen LogP) is 4.38. The zero-order valence-electron chi connectivity index (χ0n) is 15.1. The highest BCUT2D eigenvalue weighted by Gasteiger charge is 2.26. The Bertz CT molecular complexity index is 683. The first-order valence-corrected chi connectivity index (χ1v) is 8.40. The van der Waals surface area contributed by atoms with Crippen molar-refractivity contribution in [1.29, 1.82) is 0 Å². The first-order chi connectivity index (χ1) is 10.9. The molecule has 0 aliphatic rings. The first kappa shape index (κ1) is 17.5. The van der Waals surface area contributed by atoms with Crippen LogP contribution in [0.15, 0.2) is 36.4 Å². The van der Waals surface area contributed by atoms with Gasteiger partial charge in [0.05, 0.1) is 5.56 Å². The second-order valence-corrected chi connectivity index (χ2v) is 6.66. The van der Waals surface area contributed by atoms with E-state index in [0.717, 1.165) is 21.9 Å². The molecule has 0 fully saturated rings. The summed E-state index contributed by atoms with van der Waals surface area (Å²) in [5.41, 5.74) is 1.88. The normalized spacial score (nSPS) is 12.9. The number of amides is 1. The molecular weight excluding hydrogens is 284 g/mol. The minimum Gasteiger partial charge on any atom is -0.334 e. The van der Waals surface area contributed by atoms with Gasteiger partial charge in [-0.2, -0.15) is 0 Å². The van der Waals surface area contributed by atoms with E-state index in [2.05, 4.69) is 58.1 Å². The summed E-state index contributed by atoms with van der Waals surface area (Å²) in [6.07, 6.45) is 0. The van der Waals surface area contributed by atoms with Gasteiger partial charge >= 0.3 is 0 Å². The van der Waals surface area contributed by atoms with Crippen LogP contribution in [0.2, 0.25) is 0 Å². The highest BCUT2D eigenvalue weighted by Crippen LogP contribution is 2.29. The third kappa shape index (κ3) is 3.40. The van der Waals surface area contributed by atoms with Gasteiger partial charge in [0.15, 0.2) is 0 Å². The summed E-state index contributed by atoms with van der Waals surface area (Å²) >= 11 is 0. The standard InChI is InChI=1S/C20H28N2O/c1-13(2)22(14(3)4)20(23)19-17(15(5)21-6)12-11-16-9-7-8-10-18(16)19/h7-15,21H,1-6H3. The monoisotopic (exact) mass is 312 g/mol. The molecule has 0 saturated carbocycles. The average molecular weight is 312 g/mol. The number of hydrogen-bond acceptors (Lipinski definition) is 2. The lowest BCUT2D eigenvalue weighted by molar-refractivity contribution is 0.0644.